The highest BCUT2D eigenvalue weighted by Crippen LogP contribution is 2.27. The summed E-state index contributed by atoms with van der Waals surface area (Å²) in [5.74, 6) is -0.651. The Morgan fingerprint density at radius 2 is 2.05 bits per heavy atom. The van der Waals surface area contributed by atoms with Crippen LogP contribution in [0.4, 0.5) is 14.7 Å². The summed E-state index contributed by atoms with van der Waals surface area (Å²) in [4.78, 5) is 7.74. The molecule has 0 unspecified atom stereocenters. The van der Waals surface area contributed by atoms with Gasteiger partial charge in [0.15, 0.2) is 5.82 Å². The van der Waals surface area contributed by atoms with Crippen LogP contribution in [0.15, 0.2) is 24.4 Å². The van der Waals surface area contributed by atoms with Crippen molar-refractivity contribution in [1.82, 2.24) is 9.97 Å². The highest BCUT2D eigenvalue weighted by molar-refractivity contribution is 5.62. The lowest BCUT2D eigenvalue weighted by atomic mass is 10.1. The molecule has 0 aliphatic rings. The first-order valence-electron chi connectivity index (χ1n) is 5.76. The van der Waals surface area contributed by atoms with Crippen LogP contribution in [0, 0.1) is 11.6 Å². The van der Waals surface area contributed by atoms with Gasteiger partial charge in [-0.1, -0.05) is 0 Å². The summed E-state index contributed by atoms with van der Waals surface area (Å²) in [6.07, 6.45) is 1.02. The third kappa shape index (κ3) is 2.78. The molecule has 0 aliphatic heterocycles. The van der Waals surface area contributed by atoms with Gasteiger partial charge in [0, 0.05) is 18.2 Å². The molecular weight excluding hydrogens is 252 g/mol. The molecule has 19 heavy (non-hydrogen) atoms. The Hall–Kier alpha value is -2.24. The predicted octanol–water partition coefficient (Wildman–Crippen LogP) is 2.86. The summed E-state index contributed by atoms with van der Waals surface area (Å²) in [6, 6.07) is 4.16. The largest absolute Gasteiger partial charge is 0.497 e. The first-order valence-corrected chi connectivity index (χ1v) is 5.76. The highest BCUT2D eigenvalue weighted by atomic mass is 19.1. The van der Waals surface area contributed by atoms with E-state index < -0.39 is 11.6 Å². The average molecular weight is 265 g/mol. The Labute approximate surface area is 109 Å². The van der Waals surface area contributed by atoms with E-state index in [9.17, 15) is 8.78 Å². The third-order valence-corrected chi connectivity index (χ3v) is 2.51. The Bertz CT molecular complexity index is 590. The van der Waals surface area contributed by atoms with Crippen molar-refractivity contribution >= 4 is 5.95 Å². The van der Waals surface area contributed by atoms with Crippen LogP contribution in [-0.2, 0) is 0 Å². The molecule has 0 fully saturated rings. The maximum Gasteiger partial charge on any atom is 0.223 e. The number of rotatable bonds is 4. The molecule has 4 nitrogen and oxygen atoms in total. The fourth-order valence-corrected chi connectivity index (χ4v) is 1.61. The standard InChI is InChI=1S/C13H13F2N3O/c1-3-16-13-17-7-11(15)12(18-13)9-5-4-8(19-2)6-10(9)14/h4-7H,3H2,1-2H3,(H,16,17,18). The second-order valence-corrected chi connectivity index (χ2v) is 3.77. The van der Waals surface area contributed by atoms with Gasteiger partial charge in [-0.05, 0) is 19.1 Å². The first-order chi connectivity index (χ1) is 9.15. The number of nitrogens with one attached hydrogen (secondary N) is 1. The van der Waals surface area contributed by atoms with E-state index in [1.165, 1.54) is 19.2 Å². The molecule has 0 saturated carbocycles. The minimum absolute atomic E-state index is 0.0693. The van der Waals surface area contributed by atoms with Gasteiger partial charge in [-0.3, -0.25) is 0 Å². The van der Waals surface area contributed by atoms with E-state index >= 15 is 0 Å². The first kappa shape index (κ1) is 13.2. The van der Waals surface area contributed by atoms with E-state index in [4.69, 9.17) is 4.74 Å². The molecular formula is C13H13F2N3O. The van der Waals surface area contributed by atoms with Crippen LogP contribution in [-0.4, -0.2) is 23.6 Å². The number of benzene rings is 1. The summed E-state index contributed by atoms with van der Waals surface area (Å²) in [7, 11) is 1.43. The van der Waals surface area contributed by atoms with Gasteiger partial charge >= 0.3 is 0 Å². The van der Waals surface area contributed by atoms with Gasteiger partial charge < -0.3 is 10.1 Å². The summed E-state index contributed by atoms with van der Waals surface area (Å²) in [5.41, 5.74) is -0.00837. The van der Waals surface area contributed by atoms with Crippen molar-refractivity contribution < 1.29 is 13.5 Å². The monoisotopic (exact) mass is 265 g/mol. The van der Waals surface area contributed by atoms with Crippen LogP contribution in [0.25, 0.3) is 11.3 Å². The van der Waals surface area contributed by atoms with Crippen LogP contribution >= 0.6 is 0 Å². The zero-order valence-corrected chi connectivity index (χ0v) is 10.6. The van der Waals surface area contributed by atoms with Gasteiger partial charge in [-0.25, -0.2) is 18.7 Å². The van der Waals surface area contributed by atoms with Gasteiger partial charge in [0.05, 0.1) is 13.3 Å². The van der Waals surface area contributed by atoms with Crippen LogP contribution < -0.4 is 10.1 Å². The highest BCUT2D eigenvalue weighted by Gasteiger charge is 2.14. The van der Waals surface area contributed by atoms with Crippen LogP contribution in [0.5, 0.6) is 5.75 Å². The zero-order valence-electron chi connectivity index (χ0n) is 10.6. The molecule has 0 spiro atoms. The number of anilines is 1. The third-order valence-electron chi connectivity index (χ3n) is 2.51. The molecule has 0 radical (unpaired) electrons. The van der Waals surface area contributed by atoms with Gasteiger partial charge in [0.2, 0.25) is 5.95 Å². The Balaban J connectivity index is 2.48. The van der Waals surface area contributed by atoms with Crippen molar-refractivity contribution in [1.29, 1.82) is 0 Å². The number of aromatic nitrogens is 2. The van der Waals surface area contributed by atoms with Gasteiger partial charge in [0.25, 0.3) is 0 Å². The number of nitrogens with zero attached hydrogens (tertiary/aromatic N) is 2. The summed E-state index contributed by atoms with van der Waals surface area (Å²) in [5, 5.41) is 2.85. The molecule has 0 atom stereocenters. The number of ether oxygens (including phenoxy) is 1. The van der Waals surface area contributed by atoms with E-state index in [1.807, 2.05) is 6.92 Å². The van der Waals surface area contributed by atoms with Crippen molar-refractivity contribution in [3.63, 3.8) is 0 Å². The summed E-state index contributed by atoms with van der Waals surface area (Å²) < 4.78 is 32.5. The molecule has 2 aromatic rings. The van der Waals surface area contributed by atoms with E-state index in [0.29, 0.717) is 12.3 Å². The van der Waals surface area contributed by atoms with E-state index in [-0.39, 0.29) is 17.2 Å². The predicted molar refractivity (Wildman–Crippen MR) is 68.1 cm³/mol. The van der Waals surface area contributed by atoms with Crippen molar-refractivity contribution in [2.75, 3.05) is 19.0 Å². The lowest BCUT2D eigenvalue weighted by Gasteiger charge is -2.08. The molecule has 1 N–H and O–H groups in total. The quantitative estimate of drug-likeness (QED) is 0.923. The Morgan fingerprint density at radius 3 is 2.68 bits per heavy atom. The smallest absolute Gasteiger partial charge is 0.223 e. The van der Waals surface area contributed by atoms with Gasteiger partial charge in [-0.2, -0.15) is 0 Å². The summed E-state index contributed by atoms with van der Waals surface area (Å²) >= 11 is 0. The molecule has 2 rings (SSSR count). The number of methoxy groups -OCH3 is 1. The van der Waals surface area contributed by atoms with Crippen molar-refractivity contribution in [3.05, 3.63) is 36.0 Å². The van der Waals surface area contributed by atoms with Gasteiger partial charge in [0.1, 0.15) is 17.3 Å². The molecule has 6 heteroatoms. The topological polar surface area (TPSA) is 47.0 Å². The summed E-state index contributed by atoms with van der Waals surface area (Å²) in [6.45, 7) is 2.45. The lowest BCUT2D eigenvalue weighted by Crippen LogP contribution is -2.04. The molecule has 100 valence electrons. The maximum absolute atomic E-state index is 13.9. The number of hydrogen-bond acceptors (Lipinski definition) is 4. The maximum atomic E-state index is 13.9. The van der Waals surface area contributed by atoms with Crippen molar-refractivity contribution in [2.24, 2.45) is 0 Å². The Kier molecular flexibility index (Phi) is 3.89. The Morgan fingerprint density at radius 1 is 1.26 bits per heavy atom. The number of hydrogen-bond donors (Lipinski definition) is 1. The van der Waals surface area contributed by atoms with E-state index in [1.54, 1.807) is 6.07 Å². The van der Waals surface area contributed by atoms with Crippen LogP contribution in [0.2, 0.25) is 0 Å². The van der Waals surface area contributed by atoms with Crippen LogP contribution in [0.3, 0.4) is 0 Å². The normalized spacial score (nSPS) is 10.3. The second-order valence-electron chi connectivity index (χ2n) is 3.77. The fourth-order valence-electron chi connectivity index (χ4n) is 1.61. The minimum Gasteiger partial charge on any atom is -0.497 e. The molecule has 1 aromatic carbocycles. The van der Waals surface area contributed by atoms with Crippen molar-refractivity contribution in [3.8, 4) is 17.0 Å². The average Bonchev–Trinajstić information content (AvgIpc) is 2.41. The molecule has 0 bridgehead atoms. The molecule has 1 heterocycles. The lowest BCUT2D eigenvalue weighted by molar-refractivity contribution is 0.411. The molecule has 1 aromatic heterocycles. The SMILES string of the molecule is CCNc1ncc(F)c(-c2ccc(OC)cc2F)n1. The van der Waals surface area contributed by atoms with Crippen LogP contribution in [0.1, 0.15) is 6.92 Å². The molecule has 0 aliphatic carbocycles. The fraction of sp³-hybridized carbons (Fsp3) is 0.231. The molecule has 0 amide bonds. The van der Waals surface area contributed by atoms with Crippen molar-refractivity contribution in [2.45, 2.75) is 6.92 Å². The second kappa shape index (κ2) is 5.60. The van der Waals surface area contributed by atoms with E-state index in [0.717, 1.165) is 6.20 Å². The van der Waals surface area contributed by atoms with E-state index in [2.05, 4.69) is 15.3 Å². The number of halogens is 2. The van der Waals surface area contributed by atoms with Gasteiger partial charge in [-0.15, -0.1) is 0 Å². The minimum atomic E-state index is -0.675. The molecule has 0 saturated heterocycles. The zero-order chi connectivity index (χ0) is 13.8.